The summed E-state index contributed by atoms with van der Waals surface area (Å²) in [5.74, 6) is 1.38. The Balaban J connectivity index is 1.53. The Hall–Kier alpha value is -3.59. The number of carbonyl (C=O) groups excluding carboxylic acids is 1. The largest absolute Gasteiger partial charge is 0.444 e. The van der Waals surface area contributed by atoms with E-state index in [1.165, 1.54) is 11.8 Å². The molecule has 0 aliphatic heterocycles. The zero-order chi connectivity index (χ0) is 22.7. The van der Waals surface area contributed by atoms with E-state index < -0.39 is 11.7 Å². The monoisotopic (exact) mass is 448 g/mol. The highest BCUT2D eigenvalue weighted by Gasteiger charge is 2.16. The summed E-state index contributed by atoms with van der Waals surface area (Å²) in [5.41, 5.74) is 1.90. The van der Waals surface area contributed by atoms with Crippen molar-refractivity contribution in [2.75, 3.05) is 10.6 Å². The molecule has 2 aromatic heterocycles. The molecule has 0 fully saturated rings. The maximum atomic E-state index is 11.9. The van der Waals surface area contributed by atoms with Crippen molar-refractivity contribution in [3.05, 3.63) is 60.3 Å². The summed E-state index contributed by atoms with van der Waals surface area (Å²) in [6.07, 6.45) is -0.486. The molecule has 2 aromatic carbocycles. The van der Waals surface area contributed by atoms with Gasteiger partial charge in [-0.2, -0.15) is 5.10 Å². The molecule has 0 saturated heterocycles. The van der Waals surface area contributed by atoms with Crippen LogP contribution in [0.4, 0.5) is 22.1 Å². The predicted molar refractivity (Wildman–Crippen MR) is 127 cm³/mol. The first-order chi connectivity index (χ1) is 15.2. The number of H-pyrrole nitrogens is 1. The van der Waals surface area contributed by atoms with Gasteiger partial charge in [0.2, 0.25) is 0 Å². The first-order valence-corrected chi connectivity index (χ1v) is 10.9. The summed E-state index contributed by atoms with van der Waals surface area (Å²) >= 11 is 1.44. The quantitative estimate of drug-likeness (QED) is 0.326. The molecular formula is C23H24N6O2S. The van der Waals surface area contributed by atoms with Crippen LogP contribution in [0.1, 0.15) is 26.5 Å². The fourth-order valence-corrected chi connectivity index (χ4v) is 3.70. The van der Waals surface area contributed by atoms with E-state index in [4.69, 9.17) is 9.72 Å². The number of anilines is 3. The van der Waals surface area contributed by atoms with Crippen LogP contribution in [0.15, 0.2) is 64.6 Å². The maximum absolute atomic E-state index is 11.9. The lowest BCUT2D eigenvalue weighted by Gasteiger charge is -2.19. The maximum Gasteiger partial charge on any atom is 0.412 e. The lowest BCUT2D eigenvalue weighted by Crippen LogP contribution is -2.27. The van der Waals surface area contributed by atoms with Crippen molar-refractivity contribution in [3.8, 4) is 0 Å². The van der Waals surface area contributed by atoms with Crippen LogP contribution in [0, 0.1) is 6.92 Å². The minimum Gasteiger partial charge on any atom is -0.444 e. The van der Waals surface area contributed by atoms with Crippen LogP contribution in [0.25, 0.3) is 10.9 Å². The van der Waals surface area contributed by atoms with Crippen LogP contribution in [-0.4, -0.2) is 31.9 Å². The molecule has 0 aliphatic carbocycles. The number of aryl methyl sites for hydroxylation is 1. The zero-order valence-electron chi connectivity index (χ0n) is 18.3. The molecule has 9 heteroatoms. The van der Waals surface area contributed by atoms with E-state index in [0.717, 1.165) is 21.5 Å². The molecule has 0 aliphatic rings. The number of aromatic nitrogens is 4. The number of ether oxygens (including phenoxy) is 1. The third-order valence-electron chi connectivity index (χ3n) is 4.24. The molecule has 0 unspecified atom stereocenters. The van der Waals surface area contributed by atoms with E-state index in [0.29, 0.717) is 22.5 Å². The number of nitrogens with one attached hydrogen (secondary N) is 3. The van der Waals surface area contributed by atoms with Gasteiger partial charge in [-0.25, -0.2) is 14.8 Å². The number of fused-ring (bicyclic) bond motifs is 1. The van der Waals surface area contributed by atoms with Gasteiger partial charge in [-0.15, -0.1) is 0 Å². The Labute approximate surface area is 190 Å². The molecule has 4 aromatic rings. The normalized spacial score (nSPS) is 11.4. The van der Waals surface area contributed by atoms with Crippen LogP contribution in [0.2, 0.25) is 0 Å². The molecule has 8 nitrogen and oxygen atoms in total. The first kappa shape index (κ1) is 21.6. The van der Waals surface area contributed by atoms with Gasteiger partial charge in [-0.05, 0) is 75.9 Å². The van der Waals surface area contributed by atoms with Gasteiger partial charge in [-0.1, -0.05) is 12.1 Å². The summed E-state index contributed by atoms with van der Waals surface area (Å²) in [5, 5.41) is 14.7. The average molecular weight is 449 g/mol. The molecule has 3 N–H and O–H groups in total. The molecule has 0 atom stereocenters. The van der Waals surface area contributed by atoms with Crippen molar-refractivity contribution in [2.45, 2.75) is 43.3 Å². The van der Waals surface area contributed by atoms with Crippen LogP contribution >= 0.6 is 11.8 Å². The third-order valence-corrected chi connectivity index (χ3v) is 5.12. The van der Waals surface area contributed by atoms with Gasteiger partial charge >= 0.3 is 6.09 Å². The summed E-state index contributed by atoms with van der Waals surface area (Å²) in [6, 6.07) is 17.2. The van der Waals surface area contributed by atoms with E-state index >= 15 is 0 Å². The number of amides is 1. The smallest absolute Gasteiger partial charge is 0.412 e. The standard InChI is InChI=1S/C23H24N6O2S/c1-14-13-19(29-28-14)26-20-17-7-5-6-8-18(17)25-21(27-20)32-16-11-9-15(10-12-16)24-22(30)31-23(2,3)4/h5-13H,1-4H3,(H,24,30)(H2,25,26,27,28,29). The number of hydrogen-bond acceptors (Lipinski definition) is 7. The minimum absolute atomic E-state index is 0.486. The van der Waals surface area contributed by atoms with Gasteiger partial charge in [0.15, 0.2) is 11.0 Å². The number of hydrogen-bond donors (Lipinski definition) is 3. The van der Waals surface area contributed by atoms with E-state index in [9.17, 15) is 4.79 Å². The summed E-state index contributed by atoms with van der Waals surface area (Å²) in [7, 11) is 0. The van der Waals surface area contributed by atoms with Crippen molar-refractivity contribution in [1.82, 2.24) is 20.2 Å². The molecule has 0 bridgehead atoms. The first-order valence-electron chi connectivity index (χ1n) is 10.1. The van der Waals surface area contributed by atoms with E-state index in [-0.39, 0.29) is 0 Å². The molecule has 32 heavy (non-hydrogen) atoms. The Kier molecular flexibility index (Phi) is 6.00. The number of benzene rings is 2. The Morgan fingerprint density at radius 1 is 1.06 bits per heavy atom. The predicted octanol–water partition coefficient (Wildman–Crippen LogP) is 5.90. The topological polar surface area (TPSA) is 105 Å². The van der Waals surface area contributed by atoms with E-state index in [2.05, 4.69) is 25.8 Å². The third kappa shape index (κ3) is 5.55. The fraction of sp³-hybridized carbons (Fsp3) is 0.217. The number of para-hydroxylation sites is 1. The van der Waals surface area contributed by atoms with Gasteiger partial charge in [0.1, 0.15) is 11.4 Å². The average Bonchev–Trinajstić information content (AvgIpc) is 3.13. The Morgan fingerprint density at radius 3 is 2.50 bits per heavy atom. The summed E-state index contributed by atoms with van der Waals surface area (Å²) in [4.78, 5) is 22.3. The highest BCUT2D eigenvalue weighted by atomic mass is 32.2. The number of aromatic amines is 1. The second-order valence-corrected chi connectivity index (χ2v) is 9.23. The molecule has 2 heterocycles. The van der Waals surface area contributed by atoms with Gasteiger partial charge in [-0.3, -0.25) is 10.4 Å². The summed E-state index contributed by atoms with van der Waals surface area (Å²) in [6.45, 7) is 7.42. The number of rotatable bonds is 5. The lowest BCUT2D eigenvalue weighted by atomic mass is 10.2. The van der Waals surface area contributed by atoms with Crippen LogP contribution < -0.4 is 10.6 Å². The van der Waals surface area contributed by atoms with Crippen molar-refractivity contribution in [3.63, 3.8) is 0 Å². The Bertz CT molecular complexity index is 1250. The molecule has 1 amide bonds. The second kappa shape index (κ2) is 8.88. The summed E-state index contributed by atoms with van der Waals surface area (Å²) < 4.78 is 5.28. The van der Waals surface area contributed by atoms with Gasteiger partial charge in [0.25, 0.3) is 0 Å². The van der Waals surface area contributed by atoms with Gasteiger partial charge < -0.3 is 10.1 Å². The molecular weight excluding hydrogens is 424 g/mol. The van der Waals surface area contributed by atoms with E-state index in [1.54, 1.807) is 0 Å². The zero-order valence-corrected chi connectivity index (χ0v) is 19.1. The highest BCUT2D eigenvalue weighted by Crippen LogP contribution is 2.31. The SMILES string of the molecule is Cc1cc(Nc2nc(Sc3ccc(NC(=O)OC(C)(C)C)cc3)nc3ccccc23)n[nH]1. The van der Waals surface area contributed by atoms with Gasteiger partial charge in [0.05, 0.1) is 5.52 Å². The second-order valence-electron chi connectivity index (χ2n) is 8.19. The van der Waals surface area contributed by atoms with Gasteiger partial charge in [0, 0.05) is 27.7 Å². The van der Waals surface area contributed by atoms with Crippen molar-refractivity contribution in [2.24, 2.45) is 0 Å². The molecule has 4 rings (SSSR count). The van der Waals surface area contributed by atoms with Crippen molar-refractivity contribution < 1.29 is 9.53 Å². The molecule has 0 spiro atoms. The van der Waals surface area contributed by atoms with Crippen LogP contribution in [0.5, 0.6) is 0 Å². The van der Waals surface area contributed by atoms with Crippen LogP contribution in [-0.2, 0) is 4.74 Å². The highest BCUT2D eigenvalue weighted by molar-refractivity contribution is 7.99. The number of carbonyl (C=O) groups is 1. The molecule has 0 radical (unpaired) electrons. The Morgan fingerprint density at radius 2 is 1.81 bits per heavy atom. The van der Waals surface area contributed by atoms with E-state index in [1.807, 2.05) is 82.3 Å². The minimum atomic E-state index is -0.548. The number of nitrogens with zero attached hydrogens (tertiary/aromatic N) is 3. The molecule has 164 valence electrons. The van der Waals surface area contributed by atoms with Crippen molar-refractivity contribution >= 4 is 46.1 Å². The fourth-order valence-electron chi connectivity index (χ4n) is 2.93. The molecule has 0 saturated carbocycles. The van der Waals surface area contributed by atoms with Crippen LogP contribution in [0.3, 0.4) is 0 Å². The lowest BCUT2D eigenvalue weighted by molar-refractivity contribution is 0.0636. The van der Waals surface area contributed by atoms with Crippen molar-refractivity contribution in [1.29, 1.82) is 0 Å².